The van der Waals surface area contributed by atoms with Crippen molar-refractivity contribution in [1.29, 1.82) is 0 Å². The zero-order valence-corrected chi connectivity index (χ0v) is 21.9. The third-order valence-electron chi connectivity index (χ3n) is 8.29. The largest absolute Gasteiger partial charge is 0.416 e. The average Bonchev–Trinajstić information content (AvgIpc) is 3.46. The molecule has 4 aliphatic rings. The van der Waals surface area contributed by atoms with Crippen molar-refractivity contribution in [2.75, 3.05) is 29.9 Å². The van der Waals surface area contributed by atoms with Crippen LogP contribution in [0.1, 0.15) is 46.2 Å². The zero-order chi connectivity index (χ0) is 28.8. The Kier molecular flexibility index (Phi) is 5.78. The van der Waals surface area contributed by atoms with E-state index in [1.807, 2.05) is 11.9 Å². The summed E-state index contributed by atoms with van der Waals surface area (Å²) in [6, 6.07) is 7.58. The SMILES string of the molecule is CN1CC2CC(C1)N2c1cc2c(c(C(F)(F)F)c1)CN(c1cccc(C(C)(F)C(F)(F)c3nncn3C)c1)C2=O. The topological polar surface area (TPSA) is 57.5 Å². The number of likely N-dealkylation sites (N-methyl/N-ethyl adjacent to an activating group) is 1. The number of piperazine rings is 1. The Hall–Kier alpha value is -3.61. The summed E-state index contributed by atoms with van der Waals surface area (Å²) in [6.07, 6.45) is -2.82. The first-order valence-electron chi connectivity index (χ1n) is 12.7. The molecule has 13 heteroatoms. The van der Waals surface area contributed by atoms with E-state index in [1.54, 1.807) is 0 Å². The number of carbonyl (C=O) groups excluding carboxylic acids is 1. The number of hydrogen-bond acceptors (Lipinski definition) is 5. The zero-order valence-electron chi connectivity index (χ0n) is 21.9. The van der Waals surface area contributed by atoms with E-state index in [0.29, 0.717) is 25.7 Å². The van der Waals surface area contributed by atoms with Crippen molar-refractivity contribution in [3.63, 3.8) is 0 Å². The molecule has 0 radical (unpaired) electrons. The second kappa shape index (κ2) is 8.69. The van der Waals surface area contributed by atoms with Crippen LogP contribution in [0.25, 0.3) is 0 Å². The van der Waals surface area contributed by atoms with Crippen molar-refractivity contribution in [3.8, 4) is 0 Å². The molecule has 40 heavy (non-hydrogen) atoms. The maximum Gasteiger partial charge on any atom is 0.416 e. The number of benzene rings is 2. The lowest BCUT2D eigenvalue weighted by atomic mass is 9.86. The summed E-state index contributed by atoms with van der Waals surface area (Å²) in [5.74, 6) is -5.70. The highest BCUT2D eigenvalue weighted by Crippen LogP contribution is 2.49. The van der Waals surface area contributed by atoms with Crippen LogP contribution in [0.15, 0.2) is 42.7 Å². The van der Waals surface area contributed by atoms with Gasteiger partial charge in [-0.25, -0.2) is 4.39 Å². The number of aryl methyl sites for hydroxylation is 1. The van der Waals surface area contributed by atoms with Crippen molar-refractivity contribution in [2.45, 2.75) is 49.7 Å². The van der Waals surface area contributed by atoms with Gasteiger partial charge in [-0.15, -0.1) is 10.2 Å². The molecule has 7 rings (SSSR count). The second-order valence-electron chi connectivity index (χ2n) is 11.0. The normalized spacial score (nSPS) is 22.8. The van der Waals surface area contributed by atoms with Gasteiger partial charge in [-0.3, -0.25) is 4.79 Å². The molecule has 3 unspecified atom stereocenters. The molecule has 1 amide bonds. The van der Waals surface area contributed by atoms with E-state index in [4.69, 9.17) is 0 Å². The molecule has 3 aromatic rings. The summed E-state index contributed by atoms with van der Waals surface area (Å²) in [4.78, 5) is 18.6. The predicted octanol–water partition coefficient (Wildman–Crippen LogP) is 4.86. The van der Waals surface area contributed by atoms with Gasteiger partial charge in [-0.1, -0.05) is 12.1 Å². The van der Waals surface area contributed by atoms with Crippen molar-refractivity contribution in [3.05, 3.63) is 70.8 Å². The molecule has 3 atom stereocenters. The Balaban J connectivity index is 1.36. The number of aromatic nitrogens is 3. The second-order valence-corrected chi connectivity index (χ2v) is 11.0. The molecule has 212 valence electrons. The highest BCUT2D eigenvalue weighted by Gasteiger charge is 2.57. The first kappa shape index (κ1) is 26.6. The Morgan fingerprint density at radius 2 is 1.65 bits per heavy atom. The highest BCUT2D eigenvalue weighted by molar-refractivity contribution is 6.11. The maximum absolute atomic E-state index is 15.8. The van der Waals surface area contributed by atoms with E-state index in [2.05, 4.69) is 15.1 Å². The number of alkyl halides is 6. The Morgan fingerprint density at radius 1 is 0.950 bits per heavy atom. The van der Waals surface area contributed by atoms with Crippen molar-refractivity contribution in [2.24, 2.45) is 7.05 Å². The van der Waals surface area contributed by atoms with Crippen LogP contribution in [0.5, 0.6) is 0 Å². The van der Waals surface area contributed by atoms with Gasteiger partial charge in [0.15, 0.2) is 0 Å². The van der Waals surface area contributed by atoms with Crippen LogP contribution in [0.2, 0.25) is 0 Å². The summed E-state index contributed by atoms with van der Waals surface area (Å²) in [7, 11) is 3.22. The molecule has 0 saturated carbocycles. The quantitative estimate of drug-likeness (QED) is 0.415. The Morgan fingerprint density at radius 3 is 2.27 bits per heavy atom. The lowest BCUT2D eigenvalue weighted by Crippen LogP contribution is -2.68. The lowest BCUT2D eigenvalue weighted by molar-refractivity contribution is -0.149. The van der Waals surface area contributed by atoms with Gasteiger partial charge in [0.1, 0.15) is 6.33 Å². The Bertz CT molecular complexity index is 1490. The fourth-order valence-electron chi connectivity index (χ4n) is 6.17. The minimum absolute atomic E-state index is 0.00783. The van der Waals surface area contributed by atoms with Crippen molar-refractivity contribution < 1.29 is 31.1 Å². The molecule has 2 bridgehead atoms. The van der Waals surface area contributed by atoms with Gasteiger partial charge in [-0.05, 0) is 55.8 Å². The monoisotopic (exact) mass is 564 g/mol. The fraction of sp³-hybridized carbons (Fsp3) is 0.444. The van der Waals surface area contributed by atoms with Gasteiger partial charge < -0.3 is 19.3 Å². The van der Waals surface area contributed by atoms with Gasteiger partial charge in [0.2, 0.25) is 11.5 Å². The Labute approximate surface area is 226 Å². The minimum Gasteiger partial charge on any atom is -0.363 e. The molecule has 3 fully saturated rings. The average molecular weight is 565 g/mol. The number of halogens is 6. The van der Waals surface area contributed by atoms with E-state index in [0.717, 1.165) is 40.4 Å². The summed E-state index contributed by atoms with van der Waals surface area (Å²) >= 11 is 0. The molecule has 4 aliphatic heterocycles. The number of amides is 1. The van der Waals surface area contributed by atoms with Crippen LogP contribution in [-0.4, -0.2) is 57.8 Å². The minimum atomic E-state index is -4.72. The molecule has 1 aromatic heterocycles. The molecule has 3 saturated heterocycles. The van der Waals surface area contributed by atoms with E-state index >= 15 is 13.2 Å². The molecular weight excluding hydrogens is 538 g/mol. The number of hydrogen-bond donors (Lipinski definition) is 0. The van der Waals surface area contributed by atoms with Crippen molar-refractivity contribution in [1.82, 2.24) is 19.7 Å². The van der Waals surface area contributed by atoms with E-state index in [1.165, 1.54) is 25.2 Å². The predicted molar refractivity (Wildman–Crippen MR) is 134 cm³/mol. The summed E-state index contributed by atoms with van der Waals surface area (Å²) < 4.78 is 90.0. The van der Waals surface area contributed by atoms with E-state index in [9.17, 15) is 18.0 Å². The van der Waals surface area contributed by atoms with Crippen molar-refractivity contribution >= 4 is 17.3 Å². The first-order valence-corrected chi connectivity index (χ1v) is 12.7. The number of carbonyl (C=O) groups is 1. The van der Waals surface area contributed by atoms with Gasteiger partial charge in [0, 0.05) is 49.2 Å². The first-order chi connectivity index (χ1) is 18.7. The van der Waals surface area contributed by atoms with Crippen LogP contribution in [0, 0.1) is 0 Å². The summed E-state index contributed by atoms with van der Waals surface area (Å²) in [5, 5.41) is 6.76. The van der Waals surface area contributed by atoms with Crippen LogP contribution in [0.3, 0.4) is 0 Å². The van der Waals surface area contributed by atoms with Gasteiger partial charge in [-0.2, -0.15) is 22.0 Å². The van der Waals surface area contributed by atoms with Gasteiger partial charge in [0.05, 0.1) is 12.1 Å². The molecular formula is C27H26F6N6O. The summed E-state index contributed by atoms with van der Waals surface area (Å²) in [6.45, 7) is 1.69. The van der Waals surface area contributed by atoms with Crippen LogP contribution < -0.4 is 9.80 Å². The third-order valence-corrected chi connectivity index (χ3v) is 8.29. The lowest BCUT2D eigenvalue weighted by Gasteiger charge is -2.57. The van der Waals surface area contributed by atoms with E-state index in [-0.39, 0.29) is 28.9 Å². The number of fused-ring (bicyclic) bond motifs is 3. The maximum atomic E-state index is 15.8. The molecule has 0 aliphatic carbocycles. The summed E-state index contributed by atoms with van der Waals surface area (Å²) in [5.41, 5.74) is -4.59. The molecule has 2 aromatic carbocycles. The van der Waals surface area contributed by atoms with Crippen LogP contribution in [-0.2, 0) is 31.4 Å². The van der Waals surface area contributed by atoms with Crippen LogP contribution in [0.4, 0.5) is 37.7 Å². The fourth-order valence-corrected chi connectivity index (χ4v) is 6.17. The van der Waals surface area contributed by atoms with Crippen LogP contribution >= 0.6 is 0 Å². The van der Waals surface area contributed by atoms with Gasteiger partial charge in [0.25, 0.3) is 5.91 Å². The molecule has 7 nitrogen and oxygen atoms in total. The molecule has 5 heterocycles. The number of rotatable bonds is 5. The number of piperidine rings is 1. The molecule has 0 spiro atoms. The smallest absolute Gasteiger partial charge is 0.363 e. The number of anilines is 2. The standard InChI is InChI=1S/C27H26F6N6O/c1-25(28,26(29,30)24-35-34-14-37(24)3)15-5-4-6-16(7-15)38-13-21-20(23(38)40)9-17(10-22(21)27(31,32)33)39-18-8-19(39)12-36(2)11-18/h4-7,9-10,14,18-19H,8,11-13H2,1-3H3. The highest BCUT2D eigenvalue weighted by atomic mass is 19.4. The van der Waals surface area contributed by atoms with Gasteiger partial charge >= 0.3 is 12.1 Å². The van der Waals surface area contributed by atoms with E-state index < -0.39 is 47.2 Å². The number of nitrogens with zero attached hydrogens (tertiary/aromatic N) is 6. The third kappa shape index (κ3) is 3.88. The molecule has 0 N–H and O–H groups in total.